The average Bonchev–Trinajstić information content (AvgIpc) is 3.05. The minimum absolute atomic E-state index is 0. The summed E-state index contributed by atoms with van der Waals surface area (Å²) < 4.78 is 147. The Kier molecular flexibility index (Phi) is 6.86. The van der Waals surface area contributed by atoms with Crippen molar-refractivity contribution in [2.24, 2.45) is 0 Å². The summed E-state index contributed by atoms with van der Waals surface area (Å²) in [6.45, 7) is 0. The van der Waals surface area contributed by atoms with Crippen LogP contribution in [0.15, 0.2) is 12.1 Å². The first-order valence-electron chi connectivity index (χ1n) is 7.78. The summed E-state index contributed by atoms with van der Waals surface area (Å²) in [7, 11) is 0. The molecule has 0 aliphatic carbocycles. The summed E-state index contributed by atoms with van der Waals surface area (Å²) in [5.74, 6) is -23.6. The molecule has 1 N–H and O–H groups in total. The molecule has 1 radical (unpaired) electrons. The van der Waals surface area contributed by atoms with Crippen LogP contribution >= 0.6 is 0 Å². The van der Waals surface area contributed by atoms with Crippen LogP contribution in [0.2, 0.25) is 0 Å². The molecule has 1 aromatic heterocycles. The Morgan fingerprint density at radius 3 is 1.64 bits per heavy atom. The van der Waals surface area contributed by atoms with Crippen molar-refractivity contribution in [2.75, 3.05) is 0 Å². The van der Waals surface area contributed by atoms with Crippen molar-refractivity contribution < 1.29 is 75.3 Å². The number of carbonyl (C=O) groups excluding carboxylic acids is 1. The van der Waals surface area contributed by atoms with Crippen LogP contribution in [0.3, 0.4) is 0 Å². The van der Waals surface area contributed by atoms with Gasteiger partial charge in [0.2, 0.25) is 17.5 Å². The third-order valence-electron chi connectivity index (χ3n) is 4.00. The first kappa shape index (κ1) is 26.1. The Bertz CT molecular complexity index is 1240. The number of rotatable bonds is 3. The second kappa shape index (κ2) is 8.67. The van der Waals surface area contributed by atoms with Crippen LogP contribution in [0.25, 0.3) is 5.69 Å². The molecule has 33 heavy (non-hydrogen) atoms. The molecule has 0 aliphatic rings. The molecule has 0 saturated carbocycles. The van der Waals surface area contributed by atoms with E-state index in [4.69, 9.17) is 0 Å². The number of ketones is 1. The summed E-state index contributed by atoms with van der Waals surface area (Å²) in [5.41, 5.74) is -7.86. The van der Waals surface area contributed by atoms with E-state index in [1.54, 1.807) is 0 Å². The zero-order valence-corrected chi connectivity index (χ0v) is 16.1. The molecule has 0 saturated heterocycles. The molecule has 0 amide bonds. The van der Waals surface area contributed by atoms with E-state index in [-0.39, 0.29) is 29.2 Å². The molecule has 0 fully saturated rings. The number of carbonyl (C=O) groups is 1. The summed E-state index contributed by atoms with van der Waals surface area (Å²) in [5, 5.41) is 12.5. The van der Waals surface area contributed by atoms with Crippen molar-refractivity contribution in [3.63, 3.8) is 0 Å². The molecule has 3 aromatic rings. The van der Waals surface area contributed by atoms with Crippen molar-refractivity contribution in [3.05, 3.63) is 75.5 Å². The Morgan fingerprint density at radius 1 is 0.788 bits per heavy atom. The van der Waals surface area contributed by atoms with Gasteiger partial charge in [-0.3, -0.25) is 4.79 Å². The van der Waals surface area contributed by atoms with E-state index in [1.165, 1.54) is 0 Å². The molecule has 4 nitrogen and oxygen atoms in total. The fraction of sp³-hybridized carbons (Fsp3) is 0.0588. The number of nitrogens with zero attached hydrogens (tertiary/aromatic N) is 2. The van der Waals surface area contributed by atoms with Gasteiger partial charge in [-0.1, -0.05) is 0 Å². The normalized spacial score (nSPS) is 11.5. The number of alkyl halides is 3. The largest absolute Gasteiger partial charge is 0.493 e. The van der Waals surface area contributed by atoms with Gasteiger partial charge < -0.3 is 5.11 Å². The van der Waals surface area contributed by atoms with E-state index < -0.39 is 91.6 Å². The molecular weight excluding hydrogens is 528 g/mol. The molecule has 0 spiro atoms. The van der Waals surface area contributed by atoms with E-state index in [0.717, 1.165) is 0 Å². The van der Waals surface area contributed by atoms with Gasteiger partial charge in [-0.25, -0.2) is 35.1 Å². The number of halogens is 11. The van der Waals surface area contributed by atoms with Crippen LogP contribution < -0.4 is 0 Å². The summed E-state index contributed by atoms with van der Waals surface area (Å²) >= 11 is 0. The number of aromatic hydroxyl groups is 1. The molecular formula is C17H3F11MnN2O2. The Labute approximate surface area is 184 Å². The molecule has 0 atom stereocenters. The maximum absolute atomic E-state index is 14.0. The van der Waals surface area contributed by atoms with Crippen LogP contribution in [0.4, 0.5) is 48.3 Å². The second-order valence-corrected chi connectivity index (χ2v) is 5.96. The van der Waals surface area contributed by atoms with E-state index >= 15 is 0 Å². The molecule has 16 heteroatoms. The zero-order valence-electron chi connectivity index (χ0n) is 14.9. The van der Waals surface area contributed by atoms with E-state index in [9.17, 15) is 58.2 Å². The Morgan fingerprint density at radius 2 is 1.21 bits per heavy atom. The minimum Gasteiger partial charge on any atom is -0.493 e. The van der Waals surface area contributed by atoms with Gasteiger partial charge in [0.25, 0.3) is 0 Å². The standard InChI is InChI=1S/C17H3F11N2O2.Mn/c18-4-1-3(2-5(19)7(4)20)14(31)6-15(17(26,27)28)29-30(16(6)32)13-11(24)9(22)8(21)10(23)12(13)25;/h1-2,32H;. The molecule has 3 rings (SSSR count). The van der Waals surface area contributed by atoms with Crippen LogP contribution in [0.5, 0.6) is 5.88 Å². The maximum Gasteiger partial charge on any atom is 0.436 e. The first-order chi connectivity index (χ1) is 14.7. The smallest absolute Gasteiger partial charge is 0.436 e. The number of hydrogen-bond donors (Lipinski definition) is 1. The van der Waals surface area contributed by atoms with Gasteiger partial charge in [0.1, 0.15) is 11.3 Å². The zero-order chi connectivity index (χ0) is 24.3. The molecule has 0 unspecified atom stereocenters. The average molecular weight is 531 g/mol. The topological polar surface area (TPSA) is 55.1 Å². The van der Waals surface area contributed by atoms with Gasteiger partial charge in [0, 0.05) is 22.6 Å². The third-order valence-corrected chi connectivity index (χ3v) is 4.00. The van der Waals surface area contributed by atoms with Crippen molar-refractivity contribution in [1.29, 1.82) is 0 Å². The molecule has 2 aromatic carbocycles. The third kappa shape index (κ3) is 4.15. The predicted molar refractivity (Wildman–Crippen MR) is 79.8 cm³/mol. The maximum atomic E-state index is 14.0. The van der Waals surface area contributed by atoms with Crippen LogP contribution in [-0.2, 0) is 23.2 Å². The SMILES string of the molecule is O=C(c1cc(F)c(F)c(F)c1)c1c(C(F)(F)F)nn(-c2c(F)c(F)c(F)c(F)c2F)c1O.[Mn]. The van der Waals surface area contributed by atoms with Gasteiger partial charge in [0.15, 0.2) is 46.4 Å². The fourth-order valence-electron chi connectivity index (χ4n) is 2.58. The summed E-state index contributed by atoms with van der Waals surface area (Å²) in [6, 6.07) is -0.119. The van der Waals surface area contributed by atoms with E-state index in [1.807, 2.05) is 0 Å². The van der Waals surface area contributed by atoms with Gasteiger partial charge in [0.05, 0.1) is 0 Å². The van der Waals surface area contributed by atoms with Gasteiger partial charge in [-0.2, -0.15) is 23.0 Å². The Hall–Kier alpha value is -3.13. The number of benzene rings is 2. The first-order valence-corrected chi connectivity index (χ1v) is 7.78. The predicted octanol–water partition coefficient (Wildman–Crippen LogP) is 4.94. The van der Waals surface area contributed by atoms with Crippen molar-refractivity contribution in [1.82, 2.24) is 9.78 Å². The second-order valence-electron chi connectivity index (χ2n) is 5.96. The summed E-state index contributed by atoms with van der Waals surface area (Å²) in [4.78, 5) is 12.4. The number of hydrogen-bond acceptors (Lipinski definition) is 3. The quantitative estimate of drug-likeness (QED) is 0.172. The van der Waals surface area contributed by atoms with Gasteiger partial charge in [-0.05, 0) is 12.1 Å². The molecule has 0 aliphatic heterocycles. The Balaban J connectivity index is 0.00000385. The van der Waals surface area contributed by atoms with Crippen molar-refractivity contribution in [2.45, 2.75) is 6.18 Å². The van der Waals surface area contributed by atoms with Gasteiger partial charge >= 0.3 is 6.18 Å². The molecule has 0 bridgehead atoms. The summed E-state index contributed by atoms with van der Waals surface area (Å²) in [6.07, 6.45) is -5.69. The monoisotopic (exact) mass is 531 g/mol. The van der Waals surface area contributed by atoms with Crippen LogP contribution in [0, 0.1) is 46.5 Å². The van der Waals surface area contributed by atoms with E-state index in [2.05, 4.69) is 5.10 Å². The van der Waals surface area contributed by atoms with Crippen molar-refractivity contribution in [3.8, 4) is 11.6 Å². The number of aromatic nitrogens is 2. The molecule has 1 heterocycles. The van der Waals surface area contributed by atoms with Crippen LogP contribution in [0.1, 0.15) is 21.6 Å². The minimum atomic E-state index is -5.69. The van der Waals surface area contributed by atoms with Crippen molar-refractivity contribution >= 4 is 5.78 Å². The van der Waals surface area contributed by atoms with Gasteiger partial charge in [-0.15, -0.1) is 0 Å². The van der Waals surface area contributed by atoms with E-state index in [0.29, 0.717) is 0 Å². The molecule has 177 valence electrons. The van der Waals surface area contributed by atoms with Crippen LogP contribution in [-0.4, -0.2) is 20.7 Å². The fourth-order valence-corrected chi connectivity index (χ4v) is 2.58.